The summed E-state index contributed by atoms with van der Waals surface area (Å²) in [4.78, 5) is 20.3. The van der Waals surface area contributed by atoms with E-state index in [1.165, 1.54) is 24.7 Å². The quantitative estimate of drug-likeness (QED) is 0.883. The van der Waals surface area contributed by atoms with Gasteiger partial charge in [-0.05, 0) is 25.3 Å². The summed E-state index contributed by atoms with van der Waals surface area (Å²) < 4.78 is 0. The Kier molecular flexibility index (Phi) is 3.81. The van der Waals surface area contributed by atoms with Crippen molar-refractivity contribution < 1.29 is 4.79 Å². The lowest BCUT2D eigenvalue weighted by Gasteiger charge is -2.07. The zero-order valence-corrected chi connectivity index (χ0v) is 12.0. The lowest BCUT2D eigenvalue weighted by molar-refractivity contribution is 0.0946. The lowest BCUT2D eigenvalue weighted by Crippen LogP contribution is -2.24. The number of rotatable bonds is 5. The Morgan fingerprint density at radius 1 is 1.24 bits per heavy atom. The molecular formula is C16H18N4O. The Hall–Kier alpha value is -2.43. The van der Waals surface area contributed by atoms with Gasteiger partial charge in [0.15, 0.2) is 0 Å². The minimum absolute atomic E-state index is 0.183. The zero-order valence-electron chi connectivity index (χ0n) is 12.0. The van der Waals surface area contributed by atoms with E-state index in [0.717, 1.165) is 5.56 Å². The molecule has 1 aromatic carbocycles. The highest BCUT2D eigenvalue weighted by Crippen LogP contribution is 2.23. The Labute approximate surface area is 123 Å². The molecule has 2 aromatic rings. The number of nitrogens with zero attached hydrogens (tertiary/aromatic N) is 2. The van der Waals surface area contributed by atoms with Crippen molar-refractivity contribution in [2.24, 2.45) is 0 Å². The van der Waals surface area contributed by atoms with Crippen LogP contribution in [0.4, 0.5) is 5.82 Å². The Balaban J connectivity index is 1.60. The maximum atomic E-state index is 12.1. The molecule has 21 heavy (non-hydrogen) atoms. The molecule has 3 rings (SSSR count). The van der Waals surface area contributed by atoms with Crippen molar-refractivity contribution in [1.82, 2.24) is 15.3 Å². The average Bonchev–Trinajstić information content (AvgIpc) is 3.30. The van der Waals surface area contributed by atoms with Crippen LogP contribution in [0.15, 0.2) is 36.7 Å². The maximum absolute atomic E-state index is 12.1. The van der Waals surface area contributed by atoms with Crippen LogP contribution in [0.1, 0.15) is 34.5 Å². The molecule has 0 saturated heterocycles. The molecule has 1 aliphatic rings. The van der Waals surface area contributed by atoms with Gasteiger partial charge >= 0.3 is 0 Å². The van der Waals surface area contributed by atoms with Gasteiger partial charge in [-0.3, -0.25) is 4.79 Å². The molecule has 0 bridgehead atoms. The van der Waals surface area contributed by atoms with Gasteiger partial charge in [0.05, 0.1) is 0 Å². The van der Waals surface area contributed by atoms with Crippen molar-refractivity contribution in [2.45, 2.75) is 32.4 Å². The number of amides is 1. The number of hydrogen-bond acceptors (Lipinski definition) is 4. The second kappa shape index (κ2) is 5.91. The van der Waals surface area contributed by atoms with E-state index in [4.69, 9.17) is 0 Å². The third kappa shape index (κ3) is 3.78. The number of anilines is 1. The predicted molar refractivity (Wildman–Crippen MR) is 81.0 cm³/mol. The second-order valence-corrected chi connectivity index (χ2v) is 5.38. The highest BCUT2D eigenvalue weighted by molar-refractivity contribution is 5.92. The highest BCUT2D eigenvalue weighted by Gasteiger charge is 2.21. The van der Waals surface area contributed by atoms with Crippen LogP contribution in [-0.4, -0.2) is 21.9 Å². The van der Waals surface area contributed by atoms with Crippen LogP contribution >= 0.6 is 0 Å². The number of carbonyl (C=O) groups is 1. The molecule has 1 fully saturated rings. The summed E-state index contributed by atoms with van der Waals surface area (Å²) >= 11 is 0. The number of benzene rings is 1. The van der Waals surface area contributed by atoms with Crippen LogP contribution in [0.3, 0.4) is 0 Å². The zero-order chi connectivity index (χ0) is 14.7. The van der Waals surface area contributed by atoms with Crippen LogP contribution in [0.2, 0.25) is 0 Å². The van der Waals surface area contributed by atoms with Gasteiger partial charge < -0.3 is 10.6 Å². The Morgan fingerprint density at radius 3 is 2.71 bits per heavy atom. The Bertz CT molecular complexity index is 635. The summed E-state index contributed by atoms with van der Waals surface area (Å²) in [5.74, 6) is 0.532. The molecule has 1 saturated carbocycles. The molecule has 108 valence electrons. The van der Waals surface area contributed by atoms with Gasteiger partial charge in [0.2, 0.25) is 0 Å². The molecule has 0 spiro atoms. The first-order valence-corrected chi connectivity index (χ1v) is 7.13. The normalized spacial score (nSPS) is 13.8. The molecule has 5 nitrogen and oxygen atoms in total. The molecule has 0 atom stereocenters. The first-order valence-electron chi connectivity index (χ1n) is 7.13. The van der Waals surface area contributed by atoms with Crippen molar-refractivity contribution in [3.8, 4) is 0 Å². The van der Waals surface area contributed by atoms with E-state index < -0.39 is 0 Å². The molecule has 0 radical (unpaired) electrons. The largest absolute Gasteiger partial charge is 0.367 e. The van der Waals surface area contributed by atoms with Crippen LogP contribution in [0, 0.1) is 6.92 Å². The number of hydrogen-bond donors (Lipinski definition) is 2. The van der Waals surface area contributed by atoms with Gasteiger partial charge in [0, 0.05) is 18.7 Å². The van der Waals surface area contributed by atoms with Gasteiger partial charge in [-0.25, -0.2) is 9.97 Å². The minimum Gasteiger partial charge on any atom is -0.367 e. The molecular weight excluding hydrogens is 264 g/mol. The molecule has 1 heterocycles. The molecule has 5 heteroatoms. The monoisotopic (exact) mass is 282 g/mol. The van der Waals surface area contributed by atoms with Gasteiger partial charge in [0.25, 0.3) is 5.91 Å². The van der Waals surface area contributed by atoms with Crippen LogP contribution < -0.4 is 10.6 Å². The summed E-state index contributed by atoms with van der Waals surface area (Å²) in [5, 5.41) is 6.13. The predicted octanol–water partition coefficient (Wildman–Crippen LogP) is 2.29. The first-order chi connectivity index (χ1) is 10.2. The van der Waals surface area contributed by atoms with Crippen molar-refractivity contribution in [1.29, 1.82) is 0 Å². The summed E-state index contributed by atoms with van der Waals surface area (Å²) in [7, 11) is 0. The van der Waals surface area contributed by atoms with E-state index in [1.54, 1.807) is 6.07 Å². The van der Waals surface area contributed by atoms with Gasteiger partial charge in [0.1, 0.15) is 17.8 Å². The van der Waals surface area contributed by atoms with Crippen LogP contribution in [0.5, 0.6) is 0 Å². The Morgan fingerprint density at radius 2 is 2.00 bits per heavy atom. The third-order valence-corrected chi connectivity index (χ3v) is 3.40. The molecule has 1 aromatic heterocycles. The number of aryl methyl sites for hydroxylation is 1. The number of nitrogens with one attached hydrogen (secondary N) is 2. The molecule has 0 aliphatic heterocycles. The number of aromatic nitrogens is 2. The third-order valence-electron chi connectivity index (χ3n) is 3.40. The lowest BCUT2D eigenvalue weighted by atomic mass is 10.1. The minimum atomic E-state index is -0.183. The van der Waals surface area contributed by atoms with E-state index in [1.807, 2.05) is 31.2 Å². The van der Waals surface area contributed by atoms with E-state index in [2.05, 4.69) is 20.6 Å². The smallest absolute Gasteiger partial charge is 0.270 e. The summed E-state index contributed by atoms with van der Waals surface area (Å²) in [6.07, 6.45) is 3.75. The van der Waals surface area contributed by atoms with E-state index >= 15 is 0 Å². The van der Waals surface area contributed by atoms with Gasteiger partial charge in [-0.15, -0.1) is 0 Å². The van der Waals surface area contributed by atoms with Crippen molar-refractivity contribution in [3.63, 3.8) is 0 Å². The van der Waals surface area contributed by atoms with E-state index in [0.29, 0.717) is 24.1 Å². The van der Waals surface area contributed by atoms with Crippen molar-refractivity contribution >= 4 is 11.7 Å². The van der Waals surface area contributed by atoms with E-state index in [9.17, 15) is 4.79 Å². The van der Waals surface area contributed by atoms with Gasteiger partial charge in [-0.1, -0.05) is 29.8 Å². The average molecular weight is 282 g/mol. The maximum Gasteiger partial charge on any atom is 0.270 e. The second-order valence-electron chi connectivity index (χ2n) is 5.38. The fraction of sp³-hybridized carbons (Fsp3) is 0.312. The van der Waals surface area contributed by atoms with E-state index in [-0.39, 0.29) is 5.91 Å². The molecule has 0 unspecified atom stereocenters. The van der Waals surface area contributed by atoms with Crippen molar-refractivity contribution in [3.05, 3.63) is 53.5 Å². The molecule has 2 N–H and O–H groups in total. The standard InChI is InChI=1S/C16H18N4O/c1-11-2-4-12(5-3-11)9-17-16(21)14-8-15(19-10-18-14)20-13-6-7-13/h2-5,8,10,13H,6-7,9H2,1H3,(H,17,21)(H,18,19,20). The SMILES string of the molecule is Cc1ccc(CNC(=O)c2cc(NC3CC3)ncn2)cc1. The topological polar surface area (TPSA) is 66.9 Å². The fourth-order valence-corrected chi connectivity index (χ4v) is 1.98. The molecule has 1 aliphatic carbocycles. The van der Waals surface area contributed by atoms with Crippen molar-refractivity contribution in [2.75, 3.05) is 5.32 Å². The number of carbonyl (C=O) groups excluding carboxylic acids is 1. The summed E-state index contributed by atoms with van der Waals surface area (Å²) in [6.45, 7) is 2.53. The highest BCUT2D eigenvalue weighted by atomic mass is 16.1. The molecule has 1 amide bonds. The first kappa shape index (κ1) is 13.5. The van der Waals surface area contributed by atoms with Crippen LogP contribution in [0.25, 0.3) is 0 Å². The fourth-order valence-electron chi connectivity index (χ4n) is 1.98. The summed E-state index contributed by atoms with van der Waals surface area (Å²) in [6, 6.07) is 10.3. The summed E-state index contributed by atoms with van der Waals surface area (Å²) in [5.41, 5.74) is 2.66. The van der Waals surface area contributed by atoms with Gasteiger partial charge in [-0.2, -0.15) is 0 Å². The van der Waals surface area contributed by atoms with Crippen LogP contribution in [-0.2, 0) is 6.54 Å².